The molecular weight excluding hydrogens is 370 g/mol. The lowest BCUT2D eigenvalue weighted by Gasteiger charge is -2.27. The molecule has 1 N–H and O–H groups in total. The fourth-order valence-corrected chi connectivity index (χ4v) is 4.67. The summed E-state index contributed by atoms with van der Waals surface area (Å²) in [5, 5.41) is 8.36. The van der Waals surface area contributed by atoms with Gasteiger partial charge in [-0.15, -0.1) is 0 Å². The highest BCUT2D eigenvalue weighted by Crippen LogP contribution is 2.32. The molecule has 3 atom stereocenters. The highest BCUT2D eigenvalue weighted by Gasteiger charge is 2.29. The molecule has 30 heavy (non-hydrogen) atoms. The molecule has 2 aromatic carbocycles. The van der Waals surface area contributed by atoms with E-state index in [0.29, 0.717) is 18.0 Å². The zero-order valence-electron chi connectivity index (χ0n) is 18.1. The summed E-state index contributed by atoms with van der Waals surface area (Å²) in [4.78, 5) is 0. The first-order valence-electron chi connectivity index (χ1n) is 11.3. The summed E-state index contributed by atoms with van der Waals surface area (Å²) < 4.78 is 7.87. The van der Waals surface area contributed by atoms with Crippen LogP contribution in [0.4, 0.5) is 0 Å². The number of hydrogen-bond acceptors (Lipinski definition) is 3. The predicted octanol–water partition coefficient (Wildman–Crippen LogP) is 6.05. The van der Waals surface area contributed by atoms with Crippen LogP contribution in [0.15, 0.2) is 67.0 Å². The lowest BCUT2D eigenvalue weighted by atomic mass is 9.93. The summed E-state index contributed by atoms with van der Waals surface area (Å²) in [5.41, 5.74) is 2.70. The fourth-order valence-electron chi connectivity index (χ4n) is 4.67. The van der Waals surface area contributed by atoms with Gasteiger partial charge in [0, 0.05) is 25.3 Å². The first-order chi connectivity index (χ1) is 14.7. The standard InChI is InChI=1S/C26H33N3O/c1-3-8-25(21-13-15-24(16-14-21)30-23-10-5-4-6-11-23)28-26-12-7-9-22(26)17-20-18-27-29(2)19-20/h4-6,10-11,13-16,18-19,22,25-26,28H,3,7-9,12,17H2,1-2H3. The molecule has 1 heterocycles. The summed E-state index contributed by atoms with van der Waals surface area (Å²) in [6.45, 7) is 2.27. The summed E-state index contributed by atoms with van der Waals surface area (Å²) in [6, 6.07) is 19.5. The van der Waals surface area contributed by atoms with Crippen molar-refractivity contribution in [1.29, 1.82) is 0 Å². The van der Waals surface area contributed by atoms with Crippen LogP contribution >= 0.6 is 0 Å². The molecule has 1 aliphatic rings. The molecule has 0 radical (unpaired) electrons. The number of benzene rings is 2. The van der Waals surface area contributed by atoms with Gasteiger partial charge in [-0.25, -0.2) is 0 Å². The molecule has 4 nitrogen and oxygen atoms in total. The second-order valence-corrected chi connectivity index (χ2v) is 8.52. The number of para-hydroxylation sites is 1. The normalized spacial score (nSPS) is 19.7. The van der Waals surface area contributed by atoms with E-state index >= 15 is 0 Å². The first-order valence-corrected chi connectivity index (χ1v) is 11.3. The van der Waals surface area contributed by atoms with E-state index < -0.39 is 0 Å². The Labute approximate surface area is 180 Å². The number of ether oxygens (including phenoxy) is 1. The molecule has 1 aliphatic carbocycles. The maximum atomic E-state index is 5.96. The molecule has 3 aromatic rings. The number of rotatable bonds is 9. The van der Waals surface area contributed by atoms with Gasteiger partial charge in [0.05, 0.1) is 6.20 Å². The van der Waals surface area contributed by atoms with E-state index in [1.54, 1.807) is 0 Å². The Morgan fingerprint density at radius 1 is 1.07 bits per heavy atom. The maximum Gasteiger partial charge on any atom is 0.127 e. The molecule has 158 valence electrons. The van der Waals surface area contributed by atoms with Crippen molar-refractivity contribution < 1.29 is 4.74 Å². The van der Waals surface area contributed by atoms with Gasteiger partial charge in [-0.2, -0.15) is 5.10 Å². The van der Waals surface area contributed by atoms with Crippen LogP contribution in [0.3, 0.4) is 0 Å². The van der Waals surface area contributed by atoms with E-state index in [4.69, 9.17) is 4.74 Å². The molecule has 0 saturated heterocycles. The quantitative estimate of drug-likeness (QED) is 0.472. The van der Waals surface area contributed by atoms with Gasteiger partial charge < -0.3 is 10.1 Å². The lowest BCUT2D eigenvalue weighted by Crippen LogP contribution is -2.36. The van der Waals surface area contributed by atoms with Gasteiger partial charge in [-0.1, -0.05) is 50.1 Å². The van der Waals surface area contributed by atoms with Crippen molar-refractivity contribution in [3.63, 3.8) is 0 Å². The van der Waals surface area contributed by atoms with Crippen LogP contribution in [0.25, 0.3) is 0 Å². The molecule has 4 rings (SSSR count). The van der Waals surface area contributed by atoms with Gasteiger partial charge in [0.15, 0.2) is 0 Å². The average Bonchev–Trinajstić information content (AvgIpc) is 3.38. The van der Waals surface area contributed by atoms with Crippen LogP contribution in [0.2, 0.25) is 0 Å². The van der Waals surface area contributed by atoms with Crippen molar-refractivity contribution in [1.82, 2.24) is 15.1 Å². The Morgan fingerprint density at radius 3 is 2.53 bits per heavy atom. The fraction of sp³-hybridized carbons (Fsp3) is 0.423. The Morgan fingerprint density at radius 2 is 1.83 bits per heavy atom. The monoisotopic (exact) mass is 403 g/mol. The van der Waals surface area contributed by atoms with Crippen LogP contribution < -0.4 is 10.1 Å². The van der Waals surface area contributed by atoms with Gasteiger partial charge in [0.2, 0.25) is 0 Å². The van der Waals surface area contributed by atoms with Crippen LogP contribution in [0, 0.1) is 5.92 Å². The number of aryl methyl sites for hydroxylation is 1. The van der Waals surface area contributed by atoms with Crippen LogP contribution in [-0.4, -0.2) is 15.8 Å². The maximum absolute atomic E-state index is 5.96. The minimum Gasteiger partial charge on any atom is -0.457 e. The molecule has 0 spiro atoms. The summed E-state index contributed by atoms with van der Waals surface area (Å²) in [7, 11) is 2.00. The van der Waals surface area contributed by atoms with Crippen molar-refractivity contribution in [2.45, 2.75) is 57.5 Å². The Hall–Kier alpha value is -2.59. The SMILES string of the molecule is CCCC(NC1CCCC1Cc1cnn(C)c1)c1ccc(Oc2ccccc2)cc1. The highest BCUT2D eigenvalue weighted by atomic mass is 16.5. The molecular formula is C26H33N3O. The molecule has 1 saturated carbocycles. The van der Waals surface area contributed by atoms with E-state index in [1.807, 2.05) is 48.3 Å². The number of nitrogens with zero attached hydrogens (tertiary/aromatic N) is 2. The Balaban J connectivity index is 1.41. The summed E-state index contributed by atoms with van der Waals surface area (Å²) in [5.74, 6) is 2.45. The molecule has 3 unspecified atom stereocenters. The van der Waals surface area contributed by atoms with Gasteiger partial charge in [0.25, 0.3) is 0 Å². The zero-order valence-corrected chi connectivity index (χ0v) is 18.1. The molecule has 1 fully saturated rings. The topological polar surface area (TPSA) is 39.1 Å². The minimum atomic E-state index is 0.389. The van der Waals surface area contributed by atoms with E-state index in [-0.39, 0.29) is 0 Å². The van der Waals surface area contributed by atoms with E-state index in [9.17, 15) is 0 Å². The van der Waals surface area contributed by atoms with Crippen molar-refractivity contribution in [2.24, 2.45) is 13.0 Å². The van der Waals surface area contributed by atoms with Crippen LogP contribution in [-0.2, 0) is 13.5 Å². The van der Waals surface area contributed by atoms with E-state index in [0.717, 1.165) is 24.3 Å². The van der Waals surface area contributed by atoms with Crippen molar-refractivity contribution in [3.05, 3.63) is 78.1 Å². The predicted molar refractivity (Wildman–Crippen MR) is 122 cm³/mol. The number of hydrogen-bond donors (Lipinski definition) is 1. The molecule has 0 aliphatic heterocycles. The van der Waals surface area contributed by atoms with Gasteiger partial charge in [0.1, 0.15) is 11.5 Å². The van der Waals surface area contributed by atoms with E-state index in [2.05, 4.69) is 47.8 Å². The van der Waals surface area contributed by atoms with Crippen LogP contribution in [0.1, 0.15) is 56.2 Å². The highest BCUT2D eigenvalue weighted by molar-refractivity contribution is 5.34. The number of aromatic nitrogens is 2. The lowest BCUT2D eigenvalue weighted by molar-refractivity contribution is 0.344. The zero-order chi connectivity index (χ0) is 20.8. The third kappa shape index (κ3) is 5.31. The largest absolute Gasteiger partial charge is 0.457 e. The van der Waals surface area contributed by atoms with Crippen LogP contribution in [0.5, 0.6) is 11.5 Å². The van der Waals surface area contributed by atoms with Crippen molar-refractivity contribution >= 4 is 0 Å². The van der Waals surface area contributed by atoms with Gasteiger partial charge >= 0.3 is 0 Å². The average molecular weight is 404 g/mol. The number of nitrogens with one attached hydrogen (secondary N) is 1. The third-order valence-corrected chi connectivity index (χ3v) is 6.17. The van der Waals surface area contributed by atoms with Crippen molar-refractivity contribution in [2.75, 3.05) is 0 Å². The molecule has 4 heteroatoms. The minimum absolute atomic E-state index is 0.389. The first kappa shape index (κ1) is 20.7. The third-order valence-electron chi connectivity index (χ3n) is 6.17. The van der Waals surface area contributed by atoms with Gasteiger partial charge in [-0.05, 0) is 67.0 Å². The van der Waals surface area contributed by atoms with E-state index in [1.165, 1.54) is 36.8 Å². The Kier molecular flexibility index (Phi) is 6.85. The smallest absolute Gasteiger partial charge is 0.127 e. The molecule has 1 aromatic heterocycles. The molecule has 0 amide bonds. The summed E-state index contributed by atoms with van der Waals surface area (Å²) >= 11 is 0. The summed E-state index contributed by atoms with van der Waals surface area (Å²) in [6.07, 6.45) is 11.5. The van der Waals surface area contributed by atoms with Crippen molar-refractivity contribution in [3.8, 4) is 11.5 Å². The molecule has 0 bridgehead atoms. The second kappa shape index (κ2) is 9.94. The Bertz CT molecular complexity index is 904. The van der Waals surface area contributed by atoms with Gasteiger partial charge in [-0.3, -0.25) is 4.68 Å². The second-order valence-electron chi connectivity index (χ2n) is 8.52.